The Bertz CT molecular complexity index is 990. The Hall–Kier alpha value is -2.51. The number of benzene rings is 2. The van der Waals surface area contributed by atoms with Gasteiger partial charge in [0, 0.05) is 22.4 Å². The molecule has 0 unspecified atom stereocenters. The van der Waals surface area contributed by atoms with E-state index in [0.29, 0.717) is 33.8 Å². The minimum Gasteiger partial charge on any atom is -0.493 e. The summed E-state index contributed by atoms with van der Waals surface area (Å²) in [7, 11) is 3.15. The molecule has 0 bridgehead atoms. The molecule has 0 spiro atoms. The summed E-state index contributed by atoms with van der Waals surface area (Å²) < 4.78 is 10.7. The van der Waals surface area contributed by atoms with Crippen molar-refractivity contribution in [1.29, 1.82) is 0 Å². The van der Waals surface area contributed by atoms with Crippen molar-refractivity contribution in [2.24, 2.45) is 9.98 Å². The monoisotopic (exact) mass is 401 g/mol. The summed E-state index contributed by atoms with van der Waals surface area (Å²) in [5.41, 5.74) is 2.54. The summed E-state index contributed by atoms with van der Waals surface area (Å²) >= 11 is 7.60. The van der Waals surface area contributed by atoms with E-state index in [0.717, 1.165) is 16.3 Å². The van der Waals surface area contributed by atoms with Gasteiger partial charge in [-0.1, -0.05) is 35.5 Å². The molecule has 0 aliphatic carbocycles. The summed E-state index contributed by atoms with van der Waals surface area (Å²) in [5.74, 6) is 2.24. The lowest BCUT2D eigenvalue weighted by molar-refractivity contribution is -0.116. The standard InChI is InChI=1S/C19H16ClN3O3S/c1-25-15-7-13-14(8-16(15)26-2)21-19(23-9-17(24)22-18(13)23)27-10-11-4-3-5-12(20)6-11/h3-8H,9-10H2,1-2H3. The van der Waals surface area contributed by atoms with E-state index < -0.39 is 0 Å². The third-order valence-electron chi connectivity index (χ3n) is 4.23. The van der Waals surface area contributed by atoms with Crippen LogP contribution >= 0.6 is 23.4 Å². The molecule has 0 saturated heterocycles. The molecule has 6 nitrogen and oxygen atoms in total. The number of hydrogen-bond acceptors (Lipinski definition) is 6. The number of carbonyl (C=O) groups is 1. The molecule has 0 fully saturated rings. The Morgan fingerprint density at radius 1 is 1.15 bits per heavy atom. The van der Waals surface area contributed by atoms with E-state index >= 15 is 0 Å². The Labute approximate surface area is 165 Å². The molecule has 2 heterocycles. The molecule has 2 aromatic carbocycles. The maximum Gasteiger partial charge on any atom is 0.267 e. The fraction of sp³-hybridized carbons (Fsp3) is 0.211. The molecule has 0 N–H and O–H groups in total. The fourth-order valence-electron chi connectivity index (χ4n) is 2.98. The molecule has 1 amide bonds. The number of rotatable bonds is 4. The van der Waals surface area contributed by atoms with E-state index in [9.17, 15) is 4.79 Å². The summed E-state index contributed by atoms with van der Waals surface area (Å²) in [5, 5.41) is 1.42. The van der Waals surface area contributed by atoms with Gasteiger partial charge in [-0.05, 0) is 23.8 Å². The second-order valence-electron chi connectivity index (χ2n) is 5.95. The topological polar surface area (TPSA) is 63.5 Å². The highest BCUT2D eigenvalue weighted by Gasteiger charge is 2.34. The molecule has 2 aromatic rings. The Kier molecular flexibility index (Phi) is 4.80. The van der Waals surface area contributed by atoms with Gasteiger partial charge in [0.2, 0.25) is 0 Å². The van der Waals surface area contributed by atoms with E-state index in [4.69, 9.17) is 26.1 Å². The second-order valence-corrected chi connectivity index (χ2v) is 7.33. The van der Waals surface area contributed by atoms with Crippen molar-refractivity contribution < 1.29 is 14.3 Å². The molecule has 2 aliphatic rings. The van der Waals surface area contributed by atoms with Gasteiger partial charge in [-0.15, -0.1) is 0 Å². The van der Waals surface area contributed by atoms with Crippen LogP contribution in [-0.2, 0) is 10.5 Å². The van der Waals surface area contributed by atoms with Gasteiger partial charge in [-0.3, -0.25) is 9.69 Å². The van der Waals surface area contributed by atoms with Crippen molar-refractivity contribution in [3.63, 3.8) is 0 Å². The van der Waals surface area contributed by atoms with Crippen LogP contribution in [0.1, 0.15) is 11.1 Å². The summed E-state index contributed by atoms with van der Waals surface area (Å²) in [4.78, 5) is 22.8. The van der Waals surface area contributed by atoms with Gasteiger partial charge in [0.15, 0.2) is 16.7 Å². The van der Waals surface area contributed by atoms with E-state index in [-0.39, 0.29) is 12.5 Å². The Morgan fingerprint density at radius 2 is 1.93 bits per heavy atom. The van der Waals surface area contributed by atoms with E-state index in [1.807, 2.05) is 29.2 Å². The highest BCUT2D eigenvalue weighted by atomic mass is 35.5. The van der Waals surface area contributed by atoms with E-state index in [1.54, 1.807) is 26.4 Å². The van der Waals surface area contributed by atoms with Crippen LogP contribution in [0, 0.1) is 0 Å². The number of nitrogens with zero attached hydrogens (tertiary/aromatic N) is 3. The maximum absolute atomic E-state index is 12.0. The molecule has 8 heteroatoms. The van der Waals surface area contributed by atoms with Gasteiger partial charge in [0.25, 0.3) is 5.91 Å². The number of halogens is 1. The van der Waals surface area contributed by atoms with Gasteiger partial charge < -0.3 is 9.47 Å². The largest absolute Gasteiger partial charge is 0.493 e. The van der Waals surface area contributed by atoms with Crippen molar-refractivity contribution in [1.82, 2.24) is 4.90 Å². The predicted molar refractivity (Wildman–Crippen MR) is 108 cm³/mol. The average Bonchev–Trinajstić information content (AvgIpc) is 3.07. The maximum atomic E-state index is 12.0. The number of fused-ring (bicyclic) bond motifs is 3. The third-order valence-corrected chi connectivity index (χ3v) is 5.51. The van der Waals surface area contributed by atoms with Crippen LogP contribution in [0.5, 0.6) is 11.5 Å². The second kappa shape index (κ2) is 7.25. The summed E-state index contributed by atoms with van der Waals surface area (Å²) in [6.45, 7) is 0.185. The molecule has 0 atom stereocenters. The normalized spacial score (nSPS) is 15.1. The molecule has 0 radical (unpaired) electrons. The minimum atomic E-state index is -0.191. The molecular formula is C19H16ClN3O3S. The zero-order chi connectivity index (χ0) is 19.0. The van der Waals surface area contributed by atoms with Crippen LogP contribution in [0.15, 0.2) is 46.4 Å². The quantitative estimate of drug-likeness (QED) is 0.777. The van der Waals surface area contributed by atoms with Gasteiger partial charge in [0.1, 0.15) is 12.4 Å². The predicted octanol–water partition coefficient (Wildman–Crippen LogP) is 3.88. The number of methoxy groups -OCH3 is 2. The van der Waals surface area contributed by atoms with Gasteiger partial charge >= 0.3 is 0 Å². The first kappa shape index (κ1) is 17.9. The first-order valence-electron chi connectivity index (χ1n) is 8.20. The Morgan fingerprint density at radius 3 is 2.67 bits per heavy atom. The summed E-state index contributed by atoms with van der Waals surface area (Å²) in [6.07, 6.45) is 0. The highest BCUT2D eigenvalue weighted by molar-refractivity contribution is 8.13. The van der Waals surface area contributed by atoms with Crippen molar-refractivity contribution in [2.75, 3.05) is 20.8 Å². The zero-order valence-electron chi connectivity index (χ0n) is 14.7. The van der Waals surface area contributed by atoms with Crippen LogP contribution < -0.4 is 9.47 Å². The molecule has 0 saturated carbocycles. The zero-order valence-corrected chi connectivity index (χ0v) is 16.3. The fourth-order valence-corrected chi connectivity index (χ4v) is 4.13. The number of aliphatic imine (C=N–C) groups is 2. The van der Waals surface area contributed by atoms with Crippen molar-refractivity contribution in [2.45, 2.75) is 5.75 Å². The molecule has 0 aromatic heterocycles. The van der Waals surface area contributed by atoms with Crippen molar-refractivity contribution >= 4 is 46.0 Å². The number of ether oxygens (including phenoxy) is 2. The van der Waals surface area contributed by atoms with E-state index in [1.165, 1.54) is 11.8 Å². The number of carbonyl (C=O) groups excluding carboxylic acids is 1. The number of amides is 1. The van der Waals surface area contributed by atoms with Crippen molar-refractivity contribution in [3.05, 3.63) is 52.5 Å². The number of amidine groups is 2. The molecular weight excluding hydrogens is 386 g/mol. The summed E-state index contributed by atoms with van der Waals surface area (Å²) in [6, 6.07) is 11.3. The average molecular weight is 402 g/mol. The molecule has 138 valence electrons. The molecule has 27 heavy (non-hydrogen) atoms. The minimum absolute atomic E-state index is 0.185. The molecule has 4 rings (SSSR count). The number of thioether (sulfide) groups is 1. The molecule has 2 aliphatic heterocycles. The lowest BCUT2D eigenvalue weighted by atomic mass is 10.1. The van der Waals surface area contributed by atoms with Gasteiger partial charge in [0.05, 0.1) is 19.9 Å². The van der Waals surface area contributed by atoms with Crippen LogP contribution in [0.3, 0.4) is 0 Å². The van der Waals surface area contributed by atoms with Gasteiger partial charge in [-0.25, -0.2) is 4.99 Å². The van der Waals surface area contributed by atoms with Crippen LogP contribution in [-0.4, -0.2) is 42.6 Å². The first-order valence-corrected chi connectivity index (χ1v) is 9.57. The first-order chi connectivity index (χ1) is 13.1. The van der Waals surface area contributed by atoms with Crippen LogP contribution in [0.2, 0.25) is 5.02 Å². The van der Waals surface area contributed by atoms with Crippen molar-refractivity contribution in [3.8, 4) is 11.5 Å². The third kappa shape index (κ3) is 3.40. The van der Waals surface area contributed by atoms with Crippen LogP contribution in [0.25, 0.3) is 0 Å². The Balaban J connectivity index is 1.71. The lowest BCUT2D eigenvalue weighted by Crippen LogP contribution is -2.36. The smallest absolute Gasteiger partial charge is 0.267 e. The number of hydrogen-bond donors (Lipinski definition) is 0. The highest BCUT2D eigenvalue weighted by Crippen LogP contribution is 2.40. The SMILES string of the molecule is COc1cc2c(cc1OC)C1=NC(=O)CN1C(SCc1cccc(Cl)c1)=N2. The lowest BCUT2D eigenvalue weighted by Gasteiger charge is -2.27. The van der Waals surface area contributed by atoms with Gasteiger partial charge in [-0.2, -0.15) is 4.99 Å². The van der Waals surface area contributed by atoms with Crippen LogP contribution in [0.4, 0.5) is 5.69 Å². The van der Waals surface area contributed by atoms with E-state index in [2.05, 4.69) is 4.99 Å².